The summed E-state index contributed by atoms with van der Waals surface area (Å²) in [6, 6.07) is 1.18. The molecule has 0 fully saturated rings. The minimum Gasteiger partial charge on any atom is -0.377 e. The smallest absolute Gasteiger partial charge is 0.190 e. The van der Waals surface area contributed by atoms with Gasteiger partial charge in [-0.1, -0.05) is 11.6 Å². The fourth-order valence-corrected chi connectivity index (χ4v) is 4.78. The van der Waals surface area contributed by atoms with Crippen LogP contribution in [0.2, 0.25) is 5.15 Å². The number of rotatable bonds is 5. The molecule has 0 bridgehead atoms. The SMILES string of the molecule is C[C@H](N)C(=O)c1sc2c(NCc3nccs3)cc(Cl)nc2c1Br.Cl.Cl. The van der Waals surface area contributed by atoms with E-state index in [1.165, 1.54) is 11.3 Å². The lowest BCUT2D eigenvalue weighted by atomic mass is 10.2. The fourth-order valence-electron chi connectivity index (χ4n) is 2.02. The van der Waals surface area contributed by atoms with Crippen molar-refractivity contribution in [3.05, 3.63) is 37.2 Å². The van der Waals surface area contributed by atoms with Crippen molar-refractivity contribution in [1.29, 1.82) is 0 Å². The van der Waals surface area contributed by atoms with Crippen LogP contribution in [0.4, 0.5) is 5.69 Å². The van der Waals surface area contributed by atoms with Crippen LogP contribution in [0.5, 0.6) is 0 Å². The second-order valence-corrected chi connectivity index (χ2v) is 8.03. The van der Waals surface area contributed by atoms with Gasteiger partial charge in [0.15, 0.2) is 5.78 Å². The van der Waals surface area contributed by atoms with E-state index in [2.05, 4.69) is 31.2 Å². The number of hydrogen-bond acceptors (Lipinski definition) is 7. The van der Waals surface area contributed by atoms with Gasteiger partial charge in [-0.25, -0.2) is 9.97 Å². The summed E-state index contributed by atoms with van der Waals surface area (Å²) in [4.78, 5) is 21.4. The first-order valence-electron chi connectivity index (χ1n) is 6.68. The van der Waals surface area contributed by atoms with Crippen LogP contribution < -0.4 is 11.1 Å². The number of nitrogens with one attached hydrogen (secondary N) is 1. The van der Waals surface area contributed by atoms with Crippen molar-refractivity contribution in [2.75, 3.05) is 5.32 Å². The van der Waals surface area contributed by atoms with Gasteiger partial charge in [-0.05, 0) is 22.9 Å². The van der Waals surface area contributed by atoms with Crippen LogP contribution in [0.15, 0.2) is 22.1 Å². The van der Waals surface area contributed by atoms with E-state index in [1.54, 1.807) is 30.5 Å². The van der Waals surface area contributed by atoms with Crippen molar-refractivity contribution in [1.82, 2.24) is 9.97 Å². The molecular weight excluding hydrogens is 491 g/mol. The molecule has 3 aromatic rings. The molecule has 3 rings (SSSR count). The summed E-state index contributed by atoms with van der Waals surface area (Å²) in [5.74, 6) is -0.123. The number of anilines is 1. The Morgan fingerprint density at radius 1 is 1.48 bits per heavy atom. The maximum absolute atomic E-state index is 12.2. The van der Waals surface area contributed by atoms with Crippen molar-refractivity contribution < 1.29 is 4.79 Å². The zero-order chi connectivity index (χ0) is 16.6. The highest BCUT2D eigenvalue weighted by molar-refractivity contribution is 9.10. The van der Waals surface area contributed by atoms with Gasteiger partial charge in [0.1, 0.15) is 10.2 Å². The lowest BCUT2D eigenvalue weighted by molar-refractivity contribution is 0.0971. The third-order valence-electron chi connectivity index (χ3n) is 3.10. The van der Waals surface area contributed by atoms with Gasteiger partial charge < -0.3 is 11.1 Å². The Morgan fingerprint density at radius 2 is 2.20 bits per heavy atom. The number of fused-ring (bicyclic) bond motifs is 1. The second-order valence-electron chi connectivity index (χ2n) is 4.85. The fraction of sp³-hybridized carbons (Fsp3) is 0.214. The number of thiazole rings is 1. The van der Waals surface area contributed by atoms with Crippen molar-refractivity contribution in [3.8, 4) is 0 Å². The molecule has 136 valence electrons. The molecule has 0 aromatic carbocycles. The van der Waals surface area contributed by atoms with Crippen LogP contribution in [0, 0.1) is 0 Å². The maximum atomic E-state index is 12.2. The first-order chi connectivity index (χ1) is 11.0. The molecule has 0 saturated carbocycles. The highest BCUT2D eigenvalue weighted by Crippen LogP contribution is 2.40. The van der Waals surface area contributed by atoms with E-state index in [1.807, 2.05) is 5.38 Å². The largest absolute Gasteiger partial charge is 0.377 e. The quantitative estimate of drug-likeness (QED) is 0.371. The van der Waals surface area contributed by atoms with Crippen LogP contribution in [-0.2, 0) is 6.54 Å². The molecule has 0 spiro atoms. The summed E-state index contributed by atoms with van der Waals surface area (Å²) < 4.78 is 1.50. The van der Waals surface area contributed by atoms with E-state index in [4.69, 9.17) is 17.3 Å². The number of nitrogens with zero attached hydrogens (tertiary/aromatic N) is 2. The molecule has 25 heavy (non-hydrogen) atoms. The number of nitrogens with two attached hydrogens (primary N) is 1. The summed E-state index contributed by atoms with van der Waals surface area (Å²) in [5.41, 5.74) is 7.20. The highest BCUT2D eigenvalue weighted by Gasteiger charge is 2.22. The minimum absolute atomic E-state index is 0. The third kappa shape index (κ3) is 4.82. The van der Waals surface area contributed by atoms with E-state index in [9.17, 15) is 4.79 Å². The van der Waals surface area contributed by atoms with Crippen LogP contribution >= 0.6 is 75.0 Å². The minimum atomic E-state index is -0.568. The van der Waals surface area contributed by atoms with Crippen molar-refractivity contribution >= 4 is 96.7 Å². The topological polar surface area (TPSA) is 80.9 Å². The number of hydrogen-bond donors (Lipinski definition) is 2. The molecule has 3 aromatic heterocycles. The summed E-state index contributed by atoms with van der Waals surface area (Å²) in [6.45, 7) is 2.25. The van der Waals surface area contributed by atoms with Gasteiger partial charge >= 0.3 is 0 Å². The standard InChI is InChI=1S/C14H12BrClN4OS2.2ClH/c1-6(17)12(21)14-10(15)11-13(23-14)7(4-8(16)20-11)19-5-9-18-2-3-22-9;;/h2-4,6H,5,17H2,1H3,(H,19,20);2*1H/t6-;;/m0../s1. The van der Waals surface area contributed by atoms with Gasteiger partial charge in [0.05, 0.1) is 37.8 Å². The van der Waals surface area contributed by atoms with Crippen molar-refractivity contribution in [2.24, 2.45) is 5.73 Å². The molecule has 0 radical (unpaired) electrons. The Hall–Kier alpha value is -0.480. The van der Waals surface area contributed by atoms with Gasteiger partial charge in [0.25, 0.3) is 0 Å². The van der Waals surface area contributed by atoms with E-state index in [-0.39, 0.29) is 30.6 Å². The Balaban J connectivity index is 0.00000156. The van der Waals surface area contributed by atoms with Gasteiger partial charge in [-0.15, -0.1) is 47.5 Å². The van der Waals surface area contributed by atoms with E-state index in [0.29, 0.717) is 26.6 Å². The zero-order valence-electron chi connectivity index (χ0n) is 12.8. The molecule has 0 aliphatic heterocycles. The number of halogens is 4. The normalized spacial score (nSPS) is 11.5. The van der Waals surface area contributed by atoms with E-state index >= 15 is 0 Å². The van der Waals surface area contributed by atoms with Crippen molar-refractivity contribution in [2.45, 2.75) is 19.5 Å². The van der Waals surface area contributed by atoms with Crippen LogP contribution in [0.3, 0.4) is 0 Å². The van der Waals surface area contributed by atoms with Gasteiger partial charge in [0.2, 0.25) is 0 Å². The number of carbonyl (C=O) groups is 1. The number of aromatic nitrogens is 2. The van der Waals surface area contributed by atoms with E-state index < -0.39 is 6.04 Å². The highest BCUT2D eigenvalue weighted by atomic mass is 79.9. The van der Waals surface area contributed by atoms with Crippen LogP contribution in [-0.4, -0.2) is 21.8 Å². The molecule has 1 atom stereocenters. The molecule has 0 unspecified atom stereocenters. The molecule has 0 aliphatic rings. The van der Waals surface area contributed by atoms with E-state index in [0.717, 1.165) is 15.4 Å². The lowest BCUT2D eigenvalue weighted by Gasteiger charge is -2.06. The molecule has 11 heteroatoms. The van der Waals surface area contributed by atoms with Gasteiger partial charge in [-0.3, -0.25) is 4.79 Å². The molecule has 3 heterocycles. The number of carbonyl (C=O) groups excluding carboxylic acids is 1. The van der Waals surface area contributed by atoms with Gasteiger partial charge in [-0.2, -0.15) is 0 Å². The lowest BCUT2D eigenvalue weighted by Crippen LogP contribution is -2.26. The molecule has 5 nitrogen and oxygen atoms in total. The number of pyridine rings is 1. The predicted octanol–water partition coefficient (Wildman–Crippen LogP) is 5.15. The average molecular weight is 505 g/mol. The van der Waals surface area contributed by atoms with Crippen LogP contribution in [0.25, 0.3) is 10.2 Å². The maximum Gasteiger partial charge on any atom is 0.190 e. The molecule has 3 N–H and O–H groups in total. The first-order valence-corrected chi connectivity index (χ1v) is 9.54. The number of thiophene rings is 1. The Bertz CT molecular complexity index is 871. The summed E-state index contributed by atoms with van der Waals surface area (Å²) in [6.07, 6.45) is 1.76. The molecular formula is C14H14BrCl3N4OS2. The number of Topliss-reactive ketones (excluding diaryl/α,β-unsaturated/α-hetero) is 1. The first kappa shape index (κ1) is 22.6. The Kier molecular flexibility index (Phi) is 8.53. The predicted molar refractivity (Wildman–Crippen MR) is 114 cm³/mol. The zero-order valence-corrected chi connectivity index (χ0v) is 18.4. The monoisotopic (exact) mass is 502 g/mol. The molecule has 0 amide bonds. The molecule has 0 aliphatic carbocycles. The number of ketones is 1. The average Bonchev–Trinajstić information content (AvgIpc) is 3.13. The van der Waals surface area contributed by atoms with Crippen LogP contribution in [0.1, 0.15) is 21.6 Å². The summed E-state index contributed by atoms with van der Waals surface area (Å²) in [7, 11) is 0. The van der Waals surface area contributed by atoms with Gasteiger partial charge in [0, 0.05) is 17.6 Å². The Morgan fingerprint density at radius 3 is 2.80 bits per heavy atom. The summed E-state index contributed by atoms with van der Waals surface area (Å²) >= 11 is 12.5. The molecule has 0 saturated heterocycles. The van der Waals surface area contributed by atoms with Crippen molar-refractivity contribution in [3.63, 3.8) is 0 Å². The second kappa shape index (κ2) is 9.45. The third-order valence-corrected chi connectivity index (χ3v) is 6.34. The Labute approximate surface area is 178 Å². The summed E-state index contributed by atoms with van der Waals surface area (Å²) in [5, 5.41) is 6.56.